The summed E-state index contributed by atoms with van der Waals surface area (Å²) in [6.07, 6.45) is 0. The molecule has 0 spiro atoms. The van der Waals surface area contributed by atoms with E-state index in [1.165, 1.54) is 0 Å². The molecule has 0 radical (unpaired) electrons. The van der Waals surface area contributed by atoms with Crippen LogP contribution in [0.25, 0.3) is 17.0 Å². The van der Waals surface area contributed by atoms with Crippen molar-refractivity contribution in [2.45, 2.75) is 0 Å². The van der Waals surface area contributed by atoms with Gasteiger partial charge in [0, 0.05) is 11.6 Å². The molecule has 26 heavy (non-hydrogen) atoms. The molecular formula is C19H16N4O3. The molecule has 0 unspecified atom stereocenters. The molecule has 7 heteroatoms. The van der Waals surface area contributed by atoms with E-state index in [0.717, 1.165) is 17.1 Å². The highest BCUT2D eigenvalue weighted by molar-refractivity contribution is 5.59. The number of fused-ring (bicyclic) bond motifs is 1. The van der Waals surface area contributed by atoms with Gasteiger partial charge in [-0.2, -0.15) is 4.52 Å². The number of aromatic nitrogens is 4. The molecule has 4 rings (SSSR count). The summed E-state index contributed by atoms with van der Waals surface area (Å²) >= 11 is 0. The van der Waals surface area contributed by atoms with Crippen molar-refractivity contribution in [2.24, 2.45) is 0 Å². The number of hydrogen-bond donors (Lipinski definition) is 0. The molecule has 0 saturated heterocycles. The monoisotopic (exact) mass is 348 g/mol. The van der Waals surface area contributed by atoms with Crippen LogP contribution in [0.1, 0.15) is 0 Å². The van der Waals surface area contributed by atoms with Crippen LogP contribution in [-0.4, -0.2) is 34.0 Å². The van der Waals surface area contributed by atoms with Gasteiger partial charge in [-0.05, 0) is 54.6 Å². The number of hydrogen-bond acceptors (Lipinski definition) is 6. The predicted molar refractivity (Wildman–Crippen MR) is 95.8 cm³/mol. The average Bonchev–Trinajstić information content (AvgIpc) is 3.12. The molecule has 2 aromatic carbocycles. The van der Waals surface area contributed by atoms with E-state index in [9.17, 15) is 0 Å². The zero-order chi connectivity index (χ0) is 17.9. The summed E-state index contributed by atoms with van der Waals surface area (Å²) in [6, 6.07) is 18.4. The molecule has 0 bridgehead atoms. The van der Waals surface area contributed by atoms with E-state index in [1.807, 2.05) is 54.6 Å². The number of benzene rings is 2. The summed E-state index contributed by atoms with van der Waals surface area (Å²) < 4.78 is 17.8. The van der Waals surface area contributed by atoms with E-state index >= 15 is 0 Å². The van der Waals surface area contributed by atoms with Crippen molar-refractivity contribution in [3.05, 3.63) is 60.7 Å². The van der Waals surface area contributed by atoms with Gasteiger partial charge >= 0.3 is 0 Å². The SMILES string of the molecule is COc1ccc(Oc2ccc3nnc(-c4ccc(OC)cc4)n3n2)cc1. The Hall–Kier alpha value is -3.61. The highest BCUT2D eigenvalue weighted by Crippen LogP contribution is 2.25. The summed E-state index contributed by atoms with van der Waals surface area (Å²) in [5.74, 6) is 3.28. The van der Waals surface area contributed by atoms with Gasteiger partial charge in [0.25, 0.3) is 0 Å². The first kappa shape index (κ1) is 15.9. The third-order valence-corrected chi connectivity index (χ3v) is 3.87. The highest BCUT2D eigenvalue weighted by Gasteiger charge is 2.11. The Balaban J connectivity index is 1.67. The zero-order valence-corrected chi connectivity index (χ0v) is 14.3. The van der Waals surface area contributed by atoms with Gasteiger partial charge in [0.2, 0.25) is 5.88 Å². The van der Waals surface area contributed by atoms with Crippen molar-refractivity contribution in [3.63, 3.8) is 0 Å². The fourth-order valence-electron chi connectivity index (χ4n) is 2.51. The summed E-state index contributed by atoms with van der Waals surface area (Å²) in [4.78, 5) is 0. The van der Waals surface area contributed by atoms with Crippen LogP contribution in [0.15, 0.2) is 60.7 Å². The topological polar surface area (TPSA) is 70.8 Å². The van der Waals surface area contributed by atoms with Crippen molar-refractivity contribution in [3.8, 4) is 34.5 Å². The Kier molecular flexibility index (Phi) is 4.10. The van der Waals surface area contributed by atoms with E-state index in [4.69, 9.17) is 14.2 Å². The van der Waals surface area contributed by atoms with Crippen LogP contribution in [0.4, 0.5) is 0 Å². The van der Waals surface area contributed by atoms with Crippen molar-refractivity contribution in [1.29, 1.82) is 0 Å². The largest absolute Gasteiger partial charge is 0.497 e. The zero-order valence-electron chi connectivity index (χ0n) is 14.3. The van der Waals surface area contributed by atoms with Crippen molar-refractivity contribution in [1.82, 2.24) is 19.8 Å². The van der Waals surface area contributed by atoms with Gasteiger partial charge in [0.05, 0.1) is 14.2 Å². The molecule has 2 heterocycles. The maximum atomic E-state index is 5.82. The maximum Gasteiger partial charge on any atom is 0.237 e. The van der Waals surface area contributed by atoms with Crippen LogP contribution in [0, 0.1) is 0 Å². The second kappa shape index (κ2) is 6.72. The number of nitrogens with zero attached hydrogens (tertiary/aromatic N) is 4. The van der Waals surface area contributed by atoms with Crippen LogP contribution >= 0.6 is 0 Å². The van der Waals surface area contributed by atoms with Crippen LogP contribution in [-0.2, 0) is 0 Å². The number of rotatable bonds is 5. The molecule has 0 saturated carbocycles. The van der Waals surface area contributed by atoms with E-state index in [0.29, 0.717) is 23.1 Å². The molecule has 0 aliphatic rings. The summed E-state index contributed by atoms with van der Waals surface area (Å²) in [7, 11) is 3.25. The number of ether oxygens (including phenoxy) is 3. The molecular weight excluding hydrogens is 332 g/mol. The Bertz CT molecular complexity index is 1030. The van der Waals surface area contributed by atoms with Crippen LogP contribution < -0.4 is 14.2 Å². The van der Waals surface area contributed by atoms with E-state index in [1.54, 1.807) is 24.8 Å². The molecule has 130 valence electrons. The lowest BCUT2D eigenvalue weighted by atomic mass is 10.2. The third-order valence-electron chi connectivity index (χ3n) is 3.87. The summed E-state index contributed by atoms with van der Waals surface area (Å²) in [6.45, 7) is 0. The second-order valence-electron chi connectivity index (χ2n) is 5.47. The first-order valence-corrected chi connectivity index (χ1v) is 7.95. The first-order valence-electron chi connectivity index (χ1n) is 7.95. The smallest absolute Gasteiger partial charge is 0.237 e. The minimum absolute atomic E-state index is 0.442. The molecule has 4 aromatic rings. The average molecular weight is 348 g/mol. The molecule has 0 aliphatic carbocycles. The molecule has 0 N–H and O–H groups in total. The Morgan fingerprint density at radius 1 is 0.692 bits per heavy atom. The van der Waals surface area contributed by atoms with E-state index < -0.39 is 0 Å². The lowest BCUT2D eigenvalue weighted by Gasteiger charge is -2.06. The summed E-state index contributed by atoms with van der Waals surface area (Å²) in [5.41, 5.74) is 1.52. The van der Waals surface area contributed by atoms with Crippen molar-refractivity contribution >= 4 is 5.65 Å². The minimum atomic E-state index is 0.442. The molecule has 0 atom stereocenters. The fourth-order valence-corrected chi connectivity index (χ4v) is 2.51. The lowest BCUT2D eigenvalue weighted by Crippen LogP contribution is -1.98. The van der Waals surface area contributed by atoms with E-state index in [-0.39, 0.29) is 0 Å². The van der Waals surface area contributed by atoms with Gasteiger partial charge in [0.1, 0.15) is 17.2 Å². The summed E-state index contributed by atoms with van der Waals surface area (Å²) in [5, 5.41) is 12.9. The number of methoxy groups -OCH3 is 2. The molecule has 0 aliphatic heterocycles. The molecule has 0 amide bonds. The third kappa shape index (κ3) is 3.02. The Morgan fingerprint density at radius 3 is 1.96 bits per heavy atom. The Morgan fingerprint density at radius 2 is 1.31 bits per heavy atom. The van der Waals surface area contributed by atoms with Gasteiger partial charge in [-0.1, -0.05) is 0 Å². The van der Waals surface area contributed by atoms with Gasteiger partial charge in [-0.15, -0.1) is 15.3 Å². The lowest BCUT2D eigenvalue weighted by molar-refractivity contribution is 0.411. The first-order chi connectivity index (χ1) is 12.8. The highest BCUT2D eigenvalue weighted by atomic mass is 16.5. The standard InChI is InChI=1S/C19H16N4O3/c1-24-14-5-3-13(4-6-14)19-21-20-17-11-12-18(22-23(17)19)26-16-9-7-15(25-2)8-10-16/h3-12H,1-2H3. The van der Waals surface area contributed by atoms with Crippen LogP contribution in [0.2, 0.25) is 0 Å². The maximum absolute atomic E-state index is 5.82. The van der Waals surface area contributed by atoms with Crippen LogP contribution in [0.5, 0.6) is 23.1 Å². The van der Waals surface area contributed by atoms with Gasteiger partial charge < -0.3 is 14.2 Å². The normalized spacial score (nSPS) is 10.7. The van der Waals surface area contributed by atoms with Crippen LogP contribution in [0.3, 0.4) is 0 Å². The molecule has 0 fully saturated rings. The fraction of sp³-hybridized carbons (Fsp3) is 0.105. The van der Waals surface area contributed by atoms with Gasteiger partial charge in [0.15, 0.2) is 11.5 Å². The molecule has 2 aromatic heterocycles. The predicted octanol–water partition coefficient (Wildman–Crippen LogP) is 3.60. The second-order valence-corrected chi connectivity index (χ2v) is 5.47. The van der Waals surface area contributed by atoms with E-state index in [2.05, 4.69) is 15.3 Å². The van der Waals surface area contributed by atoms with Gasteiger partial charge in [-0.3, -0.25) is 0 Å². The van der Waals surface area contributed by atoms with Crippen molar-refractivity contribution in [2.75, 3.05) is 14.2 Å². The molecule has 7 nitrogen and oxygen atoms in total. The Labute approximate surface area is 149 Å². The van der Waals surface area contributed by atoms with Crippen molar-refractivity contribution < 1.29 is 14.2 Å². The minimum Gasteiger partial charge on any atom is -0.497 e. The quantitative estimate of drug-likeness (QED) is 0.549. The van der Waals surface area contributed by atoms with Gasteiger partial charge in [-0.25, -0.2) is 0 Å².